The van der Waals surface area contributed by atoms with Gasteiger partial charge >= 0.3 is 0 Å². The topological polar surface area (TPSA) is 47.6 Å². The van der Waals surface area contributed by atoms with Gasteiger partial charge in [-0.2, -0.15) is 0 Å². The van der Waals surface area contributed by atoms with E-state index >= 15 is 0 Å². The van der Waals surface area contributed by atoms with Crippen molar-refractivity contribution < 1.29 is 14.3 Å². The van der Waals surface area contributed by atoms with Crippen molar-refractivity contribution in [1.29, 1.82) is 0 Å². The molecule has 1 unspecified atom stereocenters. The molecule has 0 aliphatic carbocycles. The zero-order valence-electron chi connectivity index (χ0n) is 13.6. The molecule has 2 aliphatic heterocycles. The van der Waals surface area contributed by atoms with Gasteiger partial charge in [-0.25, -0.2) is 0 Å². The van der Waals surface area contributed by atoms with Gasteiger partial charge in [-0.15, -0.1) is 0 Å². The molecule has 1 atom stereocenters. The maximum Gasteiger partial charge on any atom is 0.256 e. The largest absolute Gasteiger partial charge is 0.491 e. The zero-order valence-corrected chi connectivity index (χ0v) is 14.4. The van der Waals surface area contributed by atoms with E-state index in [-0.39, 0.29) is 12.0 Å². The summed E-state index contributed by atoms with van der Waals surface area (Å²) in [5.74, 6) is 0.691. The van der Waals surface area contributed by atoms with E-state index in [4.69, 9.17) is 21.1 Å². The molecule has 1 fully saturated rings. The molecule has 25 heavy (non-hydrogen) atoms. The number of amides is 1. The molecule has 1 saturated heterocycles. The monoisotopic (exact) mass is 355 g/mol. The predicted octanol–water partition coefficient (Wildman–Crippen LogP) is 4.39. The van der Waals surface area contributed by atoms with Gasteiger partial charge in [0, 0.05) is 22.8 Å². The summed E-state index contributed by atoms with van der Waals surface area (Å²) < 4.78 is 11.3. The maximum atomic E-state index is 12.2. The first-order chi connectivity index (χ1) is 12.2. The Morgan fingerprint density at radius 2 is 2.08 bits per heavy atom. The summed E-state index contributed by atoms with van der Waals surface area (Å²) in [5, 5.41) is 3.45. The summed E-state index contributed by atoms with van der Waals surface area (Å²) in [6, 6.07) is 13.1. The molecule has 128 valence electrons. The molecule has 4 nitrogen and oxygen atoms in total. The Morgan fingerprint density at radius 1 is 1.24 bits per heavy atom. The Balaban J connectivity index is 1.49. The first-order valence-electron chi connectivity index (χ1n) is 8.36. The number of carbonyl (C=O) groups is 1. The Labute approximate surface area is 151 Å². The highest BCUT2D eigenvalue weighted by Crippen LogP contribution is 2.35. The number of hydrogen-bond donors (Lipinski definition) is 1. The van der Waals surface area contributed by atoms with Crippen LogP contribution in [0.1, 0.15) is 24.0 Å². The fourth-order valence-electron chi connectivity index (χ4n) is 3.10. The molecule has 0 bridgehead atoms. The fraction of sp³-hybridized carbons (Fsp3) is 0.250. The fourth-order valence-corrected chi connectivity index (χ4v) is 3.27. The van der Waals surface area contributed by atoms with Gasteiger partial charge in [-0.3, -0.25) is 4.79 Å². The highest BCUT2D eigenvalue weighted by molar-refractivity contribution is 6.36. The van der Waals surface area contributed by atoms with Crippen molar-refractivity contribution in [2.24, 2.45) is 0 Å². The second kappa shape index (κ2) is 6.90. The van der Waals surface area contributed by atoms with Crippen LogP contribution < -0.4 is 10.1 Å². The van der Waals surface area contributed by atoms with Crippen LogP contribution in [0.25, 0.3) is 11.6 Å². The van der Waals surface area contributed by atoms with Crippen LogP contribution in [0.3, 0.4) is 0 Å². The molecule has 4 rings (SSSR count). The van der Waals surface area contributed by atoms with Crippen molar-refractivity contribution in [3.8, 4) is 5.75 Å². The average molecular weight is 356 g/mol. The Kier molecular flexibility index (Phi) is 4.47. The minimum absolute atomic E-state index is 0.115. The lowest BCUT2D eigenvalue weighted by atomic mass is 10.0. The third kappa shape index (κ3) is 3.55. The summed E-state index contributed by atoms with van der Waals surface area (Å²) in [4.78, 5) is 12.2. The summed E-state index contributed by atoms with van der Waals surface area (Å²) in [5.41, 5.74) is 3.20. The van der Waals surface area contributed by atoms with E-state index in [0.717, 1.165) is 42.0 Å². The second-order valence-corrected chi connectivity index (χ2v) is 6.65. The van der Waals surface area contributed by atoms with Gasteiger partial charge in [0.25, 0.3) is 5.91 Å². The van der Waals surface area contributed by atoms with Crippen molar-refractivity contribution in [3.63, 3.8) is 0 Å². The molecule has 1 N–H and O–H groups in total. The summed E-state index contributed by atoms with van der Waals surface area (Å²) >= 11 is 5.98. The average Bonchev–Trinajstić information content (AvgIpc) is 3.22. The van der Waals surface area contributed by atoms with E-state index < -0.39 is 0 Å². The molecule has 2 aliphatic rings. The molecule has 5 heteroatoms. The molecule has 0 spiro atoms. The highest BCUT2D eigenvalue weighted by atomic mass is 35.5. The highest BCUT2D eigenvalue weighted by Gasteiger charge is 2.24. The lowest BCUT2D eigenvalue weighted by Gasteiger charge is -2.11. The molecule has 2 heterocycles. The third-order valence-electron chi connectivity index (χ3n) is 4.42. The quantitative estimate of drug-likeness (QED) is 0.827. The second-order valence-electron chi connectivity index (χ2n) is 6.22. The van der Waals surface area contributed by atoms with Gasteiger partial charge in [0.2, 0.25) is 0 Å². The minimum Gasteiger partial charge on any atom is -0.491 e. The molecule has 0 aromatic heterocycles. The summed E-state index contributed by atoms with van der Waals surface area (Å²) in [6.45, 7) is 1.41. The van der Waals surface area contributed by atoms with E-state index in [9.17, 15) is 4.79 Å². The van der Waals surface area contributed by atoms with Gasteiger partial charge in [0.15, 0.2) is 0 Å². The number of halogens is 1. The van der Waals surface area contributed by atoms with Gasteiger partial charge in [-0.1, -0.05) is 29.8 Å². The number of fused-ring (bicyclic) bond motifs is 1. The van der Waals surface area contributed by atoms with Crippen LogP contribution in [-0.2, 0) is 9.53 Å². The predicted molar refractivity (Wildman–Crippen MR) is 98.9 cm³/mol. The maximum absolute atomic E-state index is 12.2. The normalized spacial score (nSPS) is 20.6. The molecule has 0 saturated carbocycles. The molecular weight excluding hydrogens is 338 g/mol. The molecule has 2 aromatic rings. The van der Waals surface area contributed by atoms with E-state index in [1.807, 2.05) is 36.4 Å². The van der Waals surface area contributed by atoms with E-state index in [2.05, 4.69) is 5.32 Å². The number of benzene rings is 2. The van der Waals surface area contributed by atoms with Crippen LogP contribution in [0, 0.1) is 0 Å². The van der Waals surface area contributed by atoms with Crippen molar-refractivity contribution in [2.75, 3.05) is 18.5 Å². The Morgan fingerprint density at radius 3 is 2.84 bits per heavy atom. The number of hydrogen-bond acceptors (Lipinski definition) is 3. The smallest absolute Gasteiger partial charge is 0.256 e. The Bertz CT molecular complexity index is 823. The van der Waals surface area contributed by atoms with Crippen LogP contribution in [0.4, 0.5) is 5.69 Å². The number of nitrogens with one attached hydrogen (secondary N) is 1. The van der Waals surface area contributed by atoms with Crippen LogP contribution in [0.2, 0.25) is 5.02 Å². The zero-order chi connectivity index (χ0) is 17.2. The summed E-state index contributed by atoms with van der Waals surface area (Å²) in [6.07, 6.45) is 4.24. The third-order valence-corrected chi connectivity index (χ3v) is 4.65. The van der Waals surface area contributed by atoms with Crippen molar-refractivity contribution in [2.45, 2.75) is 18.9 Å². The molecule has 0 radical (unpaired) electrons. The van der Waals surface area contributed by atoms with E-state index in [0.29, 0.717) is 17.2 Å². The number of rotatable bonds is 4. The Hall–Kier alpha value is -2.30. The SMILES string of the molecule is O=C1Nc2cc(Cl)ccc2/C1=C\c1ccc(OCC2CCCO2)cc1. The standard InChI is InChI=1S/C20H18ClNO3/c21-14-5-8-17-18(20(23)22-19(17)11-14)10-13-3-6-15(7-4-13)25-12-16-2-1-9-24-16/h3-8,10-11,16H,1-2,9,12H2,(H,22,23)/b18-10+. The van der Waals surface area contributed by atoms with Crippen LogP contribution in [-0.4, -0.2) is 25.2 Å². The van der Waals surface area contributed by atoms with Crippen molar-refractivity contribution >= 4 is 34.8 Å². The number of carbonyl (C=O) groups excluding carboxylic acids is 1. The van der Waals surface area contributed by atoms with Crippen LogP contribution >= 0.6 is 11.6 Å². The van der Waals surface area contributed by atoms with Crippen molar-refractivity contribution in [3.05, 3.63) is 58.6 Å². The summed E-state index contributed by atoms with van der Waals surface area (Å²) in [7, 11) is 0. The van der Waals surface area contributed by atoms with Gasteiger partial charge in [0.05, 0.1) is 11.8 Å². The minimum atomic E-state index is -0.115. The lowest BCUT2D eigenvalue weighted by Crippen LogP contribution is -2.16. The first-order valence-corrected chi connectivity index (χ1v) is 8.74. The van der Waals surface area contributed by atoms with E-state index in [1.165, 1.54) is 0 Å². The van der Waals surface area contributed by atoms with Gasteiger partial charge in [-0.05, 0) is 48.7 Å². The van der Waals surface area contributed by atoms with Crippen molar-refractivity contribution in [1.82, 2.24) is 0 Å². The molecule has 2 aromatic carbocycles. The van der Waals surface area contributed by atoms with Gasteiger partial charge < -0.3 is 14.8 Å². The molecular formula is C20H18ClNO3. The van der Waals surface area contributed by atoms with E-state index in [1.54, 1.807) is 12.1 Å². The number of anilines is 1. The van der Waals surface area contributed by atoms with Crippen LogP contribution in [0.5, 0.6) is 5.75 Å². The first kappa shape index (κ1) is 16.2. The van der Waals surface area contributed by atoms with Gasteiger partial charge in [0.1, 0.15) is 12.4 Å². The lowest BCUT2D eigenvalue weighted by molar-refractivity contribution is -0.110. The molecule has 1 amide bonds. The number of ether oxygens (including phenoxy) is 2. The van der Waals surface area contributed by atoms with Crippen LogP contribution in [0.15, 0.2) is 42.5 Å².